The summed E-state index contributed by atoms with van der Waals surface area (Å²) in [6.45, 7) is 6.41. The Bertz CT molecular complexity index is 222. The van der Waals surface area contributed by atoms with Crippen LogP contribution in [-0.4, -0.2) is 18.4 Å². The summed E-state index contributed by atoms with van der Waals surface area (Å²) in [5, 5.41) is 0. The molecule has 0 spiro atoms. The second-order valence-corrected chi connectivity index (χ2v) is 4.93. The fraction of sp³-hybridized carbons (Fsp3) is 0.857. The standard InChI is InChI=1S/C14H26O3/c1-4-5-6-7-8-9-10-13(15)14(16)17-11-12(2)3/h12H,4-11H2,1-3H3. The minimum absolute atomic E-state index is 0.279. The van der Waals surface area contributed by atoms with E-state index in [0.29, 0.717) is 13.0 Å². The van der Waals surface area contributed by atoms with Crippen LogP contribution in [0.1, 0.15) is 65.7 Å². The zero-order chi connectivity index (χ0) is 13.1. The van der Waals surface area contributed by atoms with Gasteiger partial charge < -0.3 is 4.74 Å². The van der Waals surface area contributed by atoms with Gasteiger partial charge in [0.15, 0.2) is 0 Å². The molecule has 0 fully saturated rings. The SMILES string of the molecule is CCCCCCCCC(=O)C(=O)OCC(C)C. The molecule has 0 unspecified atom stereocenters. The van der Waals surface area contributed by atoms with Crippen molar-refractivity contribution in [3.63, 3.8) is 0 Å². The number of ether oxygens (including phenoxy) is 1. The van der Waals surface area contributed by atoms with Gasteiger partial charge in [0.25, 0.3) is 0 Å². The number of hydrogen-bond acceptors (Lipinski definition) is 3. The molecular formula is C14H26O3. The predicted octanol–water partition coefficient (Wildman–Crippen LogP) is 3.51. The van der Waals surface area contributed by atoms with Crippen LogP contribution >= 0.6 is 0 Å². The van der Waals surface area contributed by atoms with Gasteiger partial charge in [-0.3, -0.25) is 4.79 Å². The first-order valence-electron chi connectivity index (χ1n) is 6.77. The van der Waals surface area contributed by atoms with Crippen molar-refractivity contribution in [1.82, 2.24) is 0 Å². The molecule has 0 bridgehead atoms. The maximum atomic E-state index is 11.4. The van der Waals surface area contributed by atoms with Crippen LogP contribution in [0.15, 0.2) is 0 Å². The van der Waals surface area contributed by atoms with E-state index < -0.39 is 5.97 Å². The largest absolute Gasteiger partial charge is 0.460 e. The summed E-state index contributed by atoms with van der Waals surface area (Å²) >= 11 is 0. The molecule has 0 aliphatic rings. The van der Waals surface area contributed by atoms with Crippen molar-refractivity contribution < 1.29 is 14.3 Å². The van der Waals surface area contributed by atoms with Gasteiger partial charge in [-0.1, -0.05) is 52.9 Å². The maximum Gasteiger partial charge on any atom is 0.374 e. The molecule has 0 amide bonds. The summed E-state index contributed by atoms with van der Waals surface area (Å²) in [4.78, 5) is 22.6. The van der Waals surface area contributed by atoms with Crippen molar-refractivity contribution in [2.24, 2.45) is 5.92 Å². The van der Waals surface area contributed by atoms with Gasteiger partial charge in [0.2, 0.25) is 5.78 Å². The van der Waals surface area contributed by atoms with E-state index in [-0.39, 0.29) is 11.7 Å². The van der Waals surface area contributed by atoms with Gasteiger partial charge in [-0.25, -0.2) is 4.79 Å². The molecule has 100 valence electrons. The van der Waals surface area contributed by atoms with E-state index in [1.165, 1.54) is 19.3 Å². The van der Waals surface area contributed by atoms with Crippen LogP contribution in [0.3, 0.4) is 0 Å². The van der Waals surface area contributed by atoms with Gasteiger partial charge >= 0.3 is 5.97 Å². The van der Waals surface area contributed by atoms with Gasteiger partial charge in [0.1, 0.15) is 0 Å². The lowest BCUT2D eigenvalue weighted by atomic mass is 10.1. The third-order valence-electron chi connectivity index (χ3n) is 2.53. The molecule has 0 aliphatic heterocycles. The zero-order valence-corrected chi connectivity index (χ0v) is 11.5. The van der Waals surface area contributed by atoms with Crippen LogP contribution in [0.5, 0.6) is 0 Å². The number of unbranched alkanes of at least 4 members (excludes halogenated alkanes) is 5. The number of hydrogen-bond donors (Lipinski definition) is 0. The molecule has 3 heteroatoms. The second-order valence-electron chi connectivity index (χ2n) is 4.93. The molecule has 0 atom stereocenters. The Morgan fingerprint density at radius 1 is 1.00 bits per heavy atom. The molecule has 17 heavy (non-hydrogen) atoms. The van der Waals surface area contributed by atoms with Crippen LogP contribution in [0.25, 0.3) is 0 Å². The lowest BCUT2D eigenvalue weighted by Gasteiger charge is -2.06. The Morgan fingerprint density at radius 2 is 1.59 bits per heavy atom. The number of esters is 1. The minimum Gasteiger partial charge on any atom is -0.460 e. The summed E-state index contributed by atoms with van der Waals surface area (Å²) in [7, 11) is 0. The number of carbonyl (C=O) groups is 2. The molecule has 0 rings (SSSR count). The molecule has 0 saturated heterocycles. The maximum absolute atomic E-state index is 11.4. The Morgan fingerprint density at radius 3 is 2.18 bits per heavy atom. The van der Waals surface area contributed by atoms with Crippen LogP contribution in [-0.2, 0) is 14.3 Å². The van der Waals surface area contributed by atoms with Crippen molar-refractivity contribution in [2.45, 2.75) is 65.7 Å². The van der Waals surface area contributed by atoms with Crippen LogP contribution < -0.4 is 0 Å². The topological polar surface area (TPSA) is 43.4 Å². The Hall–Kier alpha value is -0.860. The monoisotopic (exact) mass is 242 g/mol. The van der Waals surface area contributed by atoms with Crippen molar-refractivity contribution in [2.75, 3.05) is 6.61 Å². The molecule has 0 heterocycles. The summed E-state index contributed by atoms with van der Waals surface area (Å²) in [5.41, 5.74) is 0. The molecule has 0 radical (unpaired) electrons. The molecule has 0 aromatic carbocycles. The number of carbonyl (C=O) groups excluding carboxylic acids is 2. The highest BCUT2D eigenvalue weighted by Gasteiger charge is 2.14. The average molecular weight is 242 g/mol. The van der Waals surface area contributed by atoms with Crippen molar-refractivity contribution in [3.8, 4) is 0 Å². The lowest BCUT2D eigenvalue weighted by Crippen LogP contribution is -2.19. The second kappa shape index (κ2) is 10.3. The fourth-order valence-corrected chi connectivity index (χ4v) is 1.49. The van der Waals surface area contributed by atoms with E-state index >= 15 is 0 Å². The first kappa shape index (κ1) is 16.1. The number of rotatable bonds is 10. The van der Waals surface area contributed by atoms with E-state index in [0.717, 1.165) is 19.3 Å². The highest BCUT2D eigenvalue weighted by atomic mass is 16.5. The van der Waals surface area contributed by atoms with Crippen LogP contribution in [0, 0.1) is 5.92 Å². The van der Waals surface area contributed by atoms with Gasteiger partial charge in [0, 0.05) is 6.42 Å². The van der Waals surface area contributed by atoms with Crippen molar-refractivity contribution in [1.29, 1.82) is 0 Å². The minimum atomic E-state index is -0.660. The van der Waals surface area contributed by atoms with E-state index in [1.54, 1.807) is 0 Å². The fourth-order valence-electron chi connectivity index (χ4n) is 1.49. The Kier molecular flexibility index (Phi) is 9.78. The molecule has 0 aromatic rings. The zero-order valence-electron chi connectivity index (χ0n) is 11.5. The van der Waals surface area contributed by atoms with Crippen LogP contribution in [0.4, 0.5) is 0 Å². The van der Waals surface area contributed by atoms with Gasteiger partial charge in [-0.05, 0) is 12.3 Å². The first-order chi connectivity index (χ1) is 8.07. The summed E-state index contributed by atoms with van der Waals surface area (Å²) in [6, 6.07) is 0. The first-order valence-corrected chi connectivity index (χ1v) is 6.77. The number of ketones is 1. The molecule has 3 nitrogen and oxygen atoms in total. The van der Waals surface area contributed by atoms with Gasteiger partial charge in [-0.15, -0.1) is 0 Å². The van der Waals surface area contributed by atoms with Gasteiger partial charge in [0.05, 0.1) is 6.61 Å². The summed E-state index contributed by atoms with van der Waals surface area (Å²) in [5.74, 6) is -0.755. The van der Waals surface area contributed by atoms with Crippen molar-refractivity contribution in [3.05, 3.63) is 0 Å². The Labute approximate surface area is 105 Å². The average Bonchev–Trinajstić information content (AvgIpc) is 2.30. The third-order valence-corrected chi connectivity index (χ3v) is 2.53. The third kappa shape index (κ3) is 10.0. The highest BCUT2D eigenvalue weighted by Crippen LogP contribution is 2.07. The Balaban J connectivity index is 3.47. The van der Waals surface area contributed by atoms with Gasteiger partial charge in [-0.2, -0.15) is 0 Å². The van der Waals surface area contributed by atoms with Crippen molar-refractivity contribution >= 4 is 11.8 Å². The highest BCUT2D eigenvalue weighted by molar-refractivity contribution is 6.33. The number of Topliss-reactive ketones (excluding diaryl/α,β-unsaturated/α-hetero) is 1. The van der Waals surface area contributed by atoms with E-state index in [1.807, 2.05) is 13.8 Å². The molecule has 0 saturated carbocycles. The van der Waals surface area contributed by atoms with E-state index in [4.69, 9.17) is 4.74 Å². The smallest absolute Gasteiger partial charge is 0.374 e. The van der Waals surface area contributed by atoms with E-state index in [9.17, 15) is 9.59 Å². The molecule has 0 aliphatic carbocycles. The lowest BCUT2D eigenvalue weighted by molar-refractivity contribution is -0.154. The predicted molar refractivity (Wildman–Crippen MR) is 68.8 cm³/mol. The molecular weight excluding hydrogens is 216 g/mol. The normalized spacial score (nSPS) is 10.6. The summed E-state index contributed by atoms with van der Waals surface area (Å²) in [6.07, 6.45) is 7.03. The molecule has 0 N–H and O–H groups in total. The van der Waals surface area contributed by atoms with Crippen LogP contribution in [0.2, 0.25) is 0 Å². The quantitative estimate of drug-likeness (QED) is 0.334. The molecule has 0 aromatic heterocycles. The van der Waals surface area contributed by atoms with E-state index in [2.05, 4.69) is 6.92 Å². The summed E-state index contributed by atoms with van der Waals surface area (Å²) < 4.78 is 4.87.